The van der Waals surface area contributed by atoms with Crippen LogP contribution in [-0.2, 0) is 24.0 Å². The highest BCUT2D eigenvalue weighted by molar-refractivity contribution is 6.38. The lowest BCUT2D eigenvalue weighted by molar-refractivity contribution is -0.146. The van der Waals surface area contributed by atoms with E-state index in [0.29, 0.717) is 32.2 Å². The maximum absolute atomic E-state index is 14.2. The zero-order valence-corrected chi connectivity index (χ0v) is 27.7. The van der Waals surface area contributed by atoms with Gasteiger partial charge in [0, 0.05) is 37.3 Å². The lowest BCUT2D eigenvalue weighted by atomic mass is 9.83. The summed E-state index contributed by atoms with van der Waals surface area (Å²) in [5.41, 5.74) is -0.559. The Morgan fingerprint density at radius 2 is 1.69 bits per heavy atom. The van der Waals surface area contributed by atoms with Crippen LogP contribution in [0, 0.1) is 23.2 Å². The third-order valence-electron chi connectivity index (χ3n) is 8.74. The summed E-state index contributed by atoms with van der Waals surface area (Å²) in [7, 11) is 0. The van der Waals surface area contributed by atoms with Crippen molar-refractivity contribution in [3.8, 4) is 0 Å². The monoisotopic (exact) mass is 626 g/mol. The summed E-state index contributed by atoms with van der Waals surface area (Å²) >= 11 is 0. The molecular weight excluding hydrogens is 576 g/mol. The Kier molecular flexibility index (Phi) is 12.3. The molecule has 0 spiro atoms. The van der Waals surface area contributed by atoms with Crippen LogP contribution >= 0.6 is 0 Å². The van der Waals surface area contributed by atoms with E-state index in [-0.39, 0.29) is 35.8 Å². The number of rotatable bonds is 15. The van der Waals surface area contributed by atoms with Crippen LogP contribution in [-0.4, -0.2) is 80.8 Å². The Hall–Kier alpha value is -3.70. The van der Waals surface area contributed by atoms with Crippen LogP contribution in [0.4, 0.5) is 0 Å². The Balaban J connectivity index is 1.80. The van der Waals surface area contributed by atoms with Crippen LogP contribution < -0.4 is 16.0 Å². The van der Waals surface area contributed by atoms with E-state index in [0.717, 1.165) is 12.8 Å². The predicted molar refractivity (Wildman–Crippen MR) is 168 cm³/mol. The number of likely N-dealkylation sites (tertiary alicyclic amines) is 1. The molecule has 5 atom stereocenters. The molecule has 2 fully saturated rings. The van der Waals surface area contributed by atoms with Gasteiger partial charge in [-0.2, -0.15) is 0 Å². The molecule has 2 aliphatic rings. The third kappa shape index (κ3) is 9.40. The SMILES string of the molecule is CCCC(NC(=O)[C@@H]1[C@@H](CC)CCN1C(=O)C(NC(=O)[C@@H](CC(=O)c1cnccn1)C(C)C)C(C)(C)C)C(=O)C(=O)NC1CC1. The van der Waals surface area contributed by atoms with Gasteiger partial charge in [0.1, 0.15) is 17.8 Å². The van der Waals surface area contributed by atoms with Crippen molar-refractivity contribution in [3.63, 3.8) is 0 Å². The number of aromatic nitrogens is 2. The second-order valence-corrected chi connectivity index (χ2v) is 13.8. The predicted octanol–water partition coefficient (Wildman–Crippen LogP) is 2.61. The van der Waals surface area contributed by atoms with Crippen molar-refractivity contribution in [1.29, 1.82) is 0 Å². The summed E-state index contributed by atoms with van der Waals surface area (Å²) in [6.07, 6.45) is 7.90. The van der Waals surface area contributed by atoms with Gasteiger partial charge in [0.15, 0.2) is 5.78 Å². The summed E-state index contributed by atoms with van der Waals surface area (Å²) in [5.74, 6) is -4.10. The smallest absolute Gasteiger partial charge is 0.289 e. The Bertz CT molecular complexity index is 1240. The first-order chi connectivity index (χ1) is 21.2. The number of nitrogens with one attached hydrogen (secondary N) is 3. The average molecular weight is 627 g/mol. The molecule has 3 N–H and O–H groups in total. The van der Waals surface area contributed by atoms with Gasteiger partial charge in [-0.1, -0.05) is 61.3 Å². The van der Waals surface area contributed by atoms with Crippen molar-refractivity contribution in [2.75, 3.05) is 6.54 Å². The third-order valence-corrected chi connectivity index (χ3v) is 8.74. The van der Waals surface area contributed by atoms with Gasteiger partial charge < -0.3 is 20.9 Å². The van der Waals surface area contributed by atoms with E-state index >= 15 is 0 Å². The number of hydrogen-bond donors (Lipinski definition) is 3. The molecule has 1 aromatic heterocycles. The lowest BCUT2D eigenvalue weighted by Gasteiger charge is -2.37. The molecule has 45 heavy (non-hydrogen) atoms. The van der Waals surface area contributed by atoms with E-state index in [1.807, 2.05) is 48.5 Å². The molecule has 1 saturated heterocycles. The van der Waals surface area contributed by atoms with E-state index in [2.05, 4.69) is 25.9 Å². The van der Waals surface area contributed by atoms with Crippen molar-refractivity contribution in [2.45, 2.75) is 118 Å². The zero-order valence-electron chi connectivity index (χ0n) is 27.7. The number of hydrogen-bond acceptors (Lipinski definition) is 8. The van der Waals surface area contributed by atoms with Crippen molar-refractivity contribution < 1.29 is 28.8 Å². The fourth-order valence-corrected chi connectivity index (χ4v) is 5.79. The molecule has 2 heterocycles. The van der Waals surface area contributed by atoms with Gasteiger partial charge >= 0.3 is 0 Å². The molecule has 1 aliphatic carbocycles. The molecule has 1 aromatic rings. The van der Waals surface area contributed by atoms with E-state index in [1.54, 1.807) is 0 Å². The number of carbonyl (C=O) groups excluding carboxylic acids is 6. The fourth-order valence-electron chi connectivity index (χ4n) is 5.79. The number of Topliss-reactive ketones (excluding diaryl/α,β-unsaturated/α-hetero) is 2. The molecule has 3 rings (SSSR count). The standard InChI is InChI=1S/C33H50N6O6/c1-8-10-23(27(41)31(44)36-21-11-12-21)37-30(43)26-20(9-2)13-16-39(26)32(45)28(33(5,6)7)38-29(42)22(19(3)4)17-25(40)24-18-34-14-15-35-24/h14-15,18-23,26,28H,8-13,16-17H2,1-7H3,(H,36,44)(H,37,43)(H,38,42)/t20-,22-,23?,26-,28?/m0/s1. The number of ketones is 2. The molecule has 248 valence electrons. The second-order valence-electron chi connectivity index (χ2n) is 13.8. The van der Waals surface area contributed by atoms with Gasteiger partial charge in [0.05, 0.1) is 12.2 Å². The average Bonchev–Trinajstić information content (AvgIpc) is 3.70. The fraction of sp³-hybridized carbons (Fsp3) is 0.697. The summed E-state index contributed by atoms with van der Waals surface area (Å²) in [6.45, 7) is 13.3. The van der Waals surface area contributed by atoms with Crippen LogP contribution in [0.5, 0.6) is 0 Å². The number of amides is 4. The maximum Gasteiger partial charge on any atom is 0.289 e. The Labute approximate surface area is 266 Å². The van der Waals surface area contributed by atoms with E-state index < -0.39 is 58.9 Å². The first kappa shape index (κ1) is 35.8. The molecular formula is C33H50N6O6. The zero-order chi connectivity index (χ0) is 33.5. The van der Waals surface area contributed by atoms with Crippen LogP contribution in [0.25, 0.3) is 0 Å². The van der Waals surface area contributed by atoms with E-state index in [1.165, 1.54) is 23.5 Å². The van der Waals surface area contributed by atoms with Gasteiger partial charge in [0.25, 0.3) is 5.91 Å². The molecule has 2 unspecified atom stereocenters. The molecule has 0 aromatic carbocycles. The topological polar surface area (TPSA) is 168 Å². The van der Waals surface area contributed by atoms with Crippen molar-refractivity contribution in [1.82, 2.24) is 30.8 Å². The first-order valence-electron chi connectivity index (χ1n) is 16.2. The van der Waals surface area contributed by atoms with E-state index in [9.17, 15) is 28.8 Å². The summed E-state index contributed by atoms with van der Waals surface area (Å²) in [4.78, 5) is 89.6. The lowest BCUT2D eigenvalue weighted by Crippen LogP contribution is -2.60. The Morgan fingerprint density at radius 3 is 2.22 bits per heavy atom. The minimum Gasteiger partial charge on any atom is -0.347 e. The first-order valence-corrected chi connectivity index (χ1v) is 16.2. The van der Waals surface area contributed by atoms with Gasteiger partial charge in [-0.15, -0.1) is 0 Å². The van der Waals surface area contributed by atoms with Crippen molar-refractivity contribution >= 4 is 35.2 Å². The van der Waals surface area contributed by atoms with Crippen LogP contribution in [0.15, 0.2) is 18.6 Å². The van der Waals surface area contributed by atoms with Crippen molar-refractivity contribution in [3.05, 3.63) is 24.3 Å². The van der Waals surface area contributed by atoms with Gasteiger partial charge in [-0.05, 0) is 42.9 Å². The molecule has 12 heteroatoms. The van der Waals surface area contributed by atoms with Crippen LogP contribution in [0.2, 0.25) is 0 Å². The summed E-state index contributed by atoms with van der Waals surface area (Å²) < 4.78 is 0. The highest BCUT2D eigenvalue weighted by Gasteiger charge is 2.47. The molecule has 1 aliphatic heterocycles. The summed E-state index contributed by atoms with van der Waals surface area (Å²) in [5, 5.41) is 8.42. The van der Waals surface area contributed by atoms with Gasteiger partial charge in [-0.3, -0.25) is 33.8 Å². The maximum atomic E-state index is 14.2. The normalized spacial score (nSPS) is 20.2. The van der Waals surface area contributed by atoms with Gasteiger partial charge in [0.2, 0.25) is 23.5 Å². The molecule has 0 radical (unpaired) electrons. The van der Waals surface area contributed by atoms with Crippen molar-refractivity contribution in [2.24, 2.45) is 23.2 Å². The van der Waals surface area contributed by atoms with Crippen LogP contribution in [0.1, 0.15) is 104 Å². The quantitative estimate of drug-likeness (QED) is 0.197. The van der Waals surface area contributed by atoms with Crippen LogP contribution in [0.3, 0.4) is 0 Å². The largest absolute Gasteiger partial charge is 0.347 e. The van der Waals surface area contributed by atoms with Gasteiger partial charge in [-0.25, -0.2) is 4.98 Å². The molecule has 1 saturated carbocycles. The summed E-state index contributed by atoms with van der Waals surface area (Å²) in [6, 6.07) is -2.83. The minimum atomic E-state index is -0.993. The molecule has 0 bridgehead atoms. The Morgan fingerprint density at radius 1 is 1.00 bits per heavy atom. The highest BCUT2D eigenvalue weighted by atomic mass is 16.2. The molecule has 4 amide bonds. The molecule has 12 nitrogen and oxygen atoms in total. The minimum absolute atomic E-state index is 0.0109. The highest BCUT2D eigenvalue weighted by Crippen LogP contribution is 2.32. The second kappa shape index (κ2) is 15.5. The van der Waals surface area contributed by atoms with E-state index in [4.69, 9.17) is 0 Å². The number of nitrogens with zero attached hydrogens (tertiary/aromatic N) is 3. The number of carbonyl (C=O) groups is 6.